The van der Waals surface area contributed by atoms with Crippen molar-refractivity contribution in [2.45, 2.75) is 155 Å². The number of hydrogen-bond acceptors (Lipinski definition) is 0. The summed E-state index contributed by atoms with van der Waals surface area (Å²) in [5.41, 5.74) is 0. The van der Waals surface area contributed by atoms with Gasteiger partial charge in [0.2, 0.25) is 0 Å². The minimum absolute atomic E-state index is 1.09. The van der Waals surface area contributed by atoms with E-state index in [2.05, 4.69) is 13.8 Å². The van der Waals surface area contributed by atoms with E-state index < -0.39 is 0 Å². The minimum Gasteiger partial charge on any atom is -0.0654 e. The van der Waals surface area contributed by atoms with Crippen molar-refractivity contribution in [3.05, 3.63) is 0 Å². The molecule has 0 radical (unpaired) electrons. The molecule has 0 N–H and O–H groups in total. The monoisotopic (exact) mass is 416 g/mol. The Hall–Kier alpha value is 0. The van der Waals surface area contributed by atoms with E-state index in [1.54, 1.807) is 83.5 Å². The molecule has 176 valence electrons. The SMILES string of the molecule is CCCCCCC[C@H]1CCC[C@@H](C2CCC(C3CCC(CCCCC)CC3)CC2)C1. The predicted molar refractivity (Wildman–Crippen MR) is 134 cm³/mol. The maximum Gasteiger partial charge on any atom is -0.0383 e. The highest BCUT2D eigenvalue weighted by Crippen LogP contribution is 2.47. The van der Waals surface area contributed by atoms with Gasteiger partial charge in [-0.3, -0.25) is 0 Å². The largest absolute Gasteiger partial charge is 0.0654 e. The summed E-state index contributed by atoms with van der Waals surface area (Å²) < 4.78 is 0. The molecular formula is C30H56. The molecule has 3 rings (SSSR count). The Kier molecular flexibility index (Phi) is 11.7. The van der Waals surface area contributed by atoms with Crippen molar-refractivity contribution in [2.75, 3.05) is 0 Å². The van der Waals surface area contributed by atoms with Crippen LogP contribution >= 0.6 is 0 Å². The molecule has 3 aliphatic rings. The first-order chi connectivity index (χ1) is 14.8. The summed E-state index contributed by atoms with van der Waals surface area (Å²) in [6, 6.07) is 0. The molecular weight excluding hydrogens is 360 g/mol. The molecule has 0 aliphatic heterocycles. The van der Waals surface area contributed by atoms with E-state index >= 15 is 0 Å². The lowest BCUT2D eigenvalue weighted by Crippen LogP contribution is -2.30. The molecule has 2 atom stereocenters. The summed E-state index contributed by atoms with van der Waals surface area (Å²) in [6.07, 6.45) is 33.7. The van der Waals surface area contributed by atoms with E-state index in [0.717, 1.165) is 35.5 Å². The number of rotatable bonds is 12. The Morgan fingerprint density at radius 2 is 0.933 bits per heavy atom. The van der Waals surface area contributed by atoms with Gasteiger partial charge >= 0.3 is 0 Å². The van der Waals surface area contributed by atoms with E-state index in [1.165, 1.54) is 57.8 Å². The van der Waals surface area contributed by atoms with E-state index in [9.17, 15) is 0 Å². The molecule has 3 fully saturated rings. The standard InChI is InChI=1S/C30H56/c1-3-5-7-8-10-13-26-14-11-15-30(24-26)29-22-20-28(21-23-29)27-18-16-25(17-19-27)12-9-6-4-2/h25-30H,3-24H2,1-2H3/t25?,26-,27?,28?,29?,30+/m0/s1. The summed E-state index contributed by atoms with van der Waals surface area (Å²) in [4.78, 5) is 0. The van der Waals surface area contributed by atoms with Gasteiger partial charge in [0.25, 0.3) is 0 Å². The van der Waals surface area contributed by atoms with Gasteiger partial charge in [-0.2, -0.15) is 0 Å². The van der Waals surface area contributed by atoms with Gasteiger partial charge in [-0.25, -0.2) is 0 Å². The fraction of sp³-hybridized carbons (Fsp3) is 1.00. The topological polar surface area (TPSA) is 0 Å². The first-order valence-electron chi connectivity index (χ1n) is 14.8. The van der Waals surface area contributed by atoms with Crippen LogP contribution < -0.4 is 0 Å². The van der Waals surface area contributed by atoms with Crippen LogP contribution in [0.1, 0.15) is 155 Å². The normalized spacial score (nSPS) is 35.4. The average Bonchev–Trinajstić information content (AvgIpc) is 2.80. The Balaban J connectivity index is 1.30. The first-order valence-corrected chi connectivity index (χ1v) is 14.8. The molecule has 0 aromatic heterocycles. The third-order valence-corrected chi connectivity index (χ3v) is 9.80. The second kappa shape index (κ2) is 14.2. The van der Waals surface area contributed by atoms with Crippen molar-refractivity contribution in [3.8, 4) is 0 Å². The maximum atomic E-state index is 2.34. The minimum atomic E-state index is 1.09. The highest BCUT2D eigenvalue weighted by molar-refractivity contribution is 4.86. The van der Waals surface area contributed by atoms with Crippen LogP contribution in [-0.4, -0.2) is 0 Å². The van der Waals surface area contributed by atoms with E-state index in [0.29, 0.717) is 0 Å². The Bertz CT molecular complexity index is 410. The van der Waals surface area contributed by atoms with Crippen molar-refractivity contribution in [1.82, 2.24) is 0 Å². The number of hydrogen-bond donors (Lipinski definition) is 0. The zero-order chi connectivity index (χ0) is 21.0. The molecule has 30 heavy (non-hydrogen) atoms. The highest BCUT2D eigenvalue weighted by Gasteiger charge is 2.34. The molecule has 0 heterocycles. The van der Waals surface area contributed by atoms with Crippen LogP contribution in [0.4, 0.5) is 0 Å². The molecule has 0 unspecified atom stereocenters. The summed E-state index contributed by atoms with van der Waals surface area (Å²) in [5.74, 6) is 6.60. The lowest BCUT2D eigenvalue weighted by Gasteiger charge is -2.41. The molecule has 0 spiro atoms. The lowest BCUT2D eigenvalue weighted by molar-refractivity contribution is 0.0980. The highest BCUT2D eigenvalue weighted by atomic mass is 14.4. The van der Waals surface area contributed by atoms with E-state index in [-0.39, 0.29) is 0 Å². The molecule has 3 aliphatic carbocycles. The second-order valence-corrected chi connectivity index (χ2v) is 11.9. The van der Waals surface area contributed by atoms with E-state index in [4.69, 9.17) is 0 Å². The summed E-state index contributed by atoms with van der Waals surface area (Å²) in [6.45, 7) is 4.68. The Morgan fingerprint density at radius 3 is 1.60 bits per heavy atom. The van der Waals surface area contributed by atoms with Gasteiger partial charge in [-0.1, -0.05) is 110 Å². The van der Waals surface area contributed by atoms with Gasteiger partial charge in [0, 0.05) is 0 Å². The van der Waals surface area contributed by atoms with Crippen LogP contribution in [0.3, 0.4) is 0 Å². The fourth-order valence-corrected chi connectivity index (χ4v) is 7.78. The average molecular weight is 417 g/mol. The first kappa shape index (κ1) is 24.6. The van der Waals surface area contributed by atoms with Crippen molar-refractivity contribution in [2.24, 2.45) is 35.5 Å². The zero-order valence-electron chi connectivity index (χ0n) is 21.0. The van der Waals surface area contributed by atoms with Gasteiger partial charge in [0.1, 0.15) is 0 Å². The molecule has 3 saturated carbocycles. The van der Waals surface area contributed by atoms with Crippen LogP contribution in [0.5, 0.6) is 0 Å². The van der Waals surface area contributed by atoms with Crippen LogP contribution in [-0.2, 0) is 0 Å². The van der Waals surface area contributed by atoms with Crippen LogP contribution in [0.25, 0.3) is 0 Å². The molecule has 0 saturated heterocycles. The predicted octanol–water partition coefficient (Wildman–Crippen LogP) is 10.3. The smallest absolute Gasteiger partial charge is 0.0383 e. The molecule has 0 aromatic rings. The maximum absolute atomic E-state index is 2.34. The number of unbranched alkanes of at least 4 members (excludes halogenated alkanes) is 6. The molecule has 0 aromatic carbocycles. The summed E-state index contributed by atoms with van der Waals surface area (Å²) in [5, 5.41) is 0. The van der Waals surface area contributed by atoms with Gasteiger partial charge in [-0.05, 0) is 80.5 Å². The third kappa shape index (κ3) is 8.16. The lowest BCUT2D eigenvalue weighted by atomic mass is 9.64. The van der Waals surface area contributed by atoms with Crippen LogP contribution in [0.15, 0.2) is 0 Å². The molecule has 0 amide bonds. The Labute approximate surface area is 190 Å². The Morgan fingerprint density at radius 1 is 0.433 bits per heavy atom. The third-order valence-electron chi connectivity index (χ3n) is 9.80. The summed E-state index contributed by atoms with van der Waals surface area (Å²) >= 11 is 0. The van der Waals surface area contributed by atoms with Gasteiger partial charge in [0.05, 0.1) is 0 Å². The zero-order valence-corrected chi connectivity index (χ0v) is 21.0. The van der Waals surface area contributed by atoms with Crippen LogP contribution in [0.2, 0.25) is 0 Å². The van der Waals surface area contributed by atoms with Crippen molar-refractivity contribution < 1.29 is 0 Å². The molecule has 0 nitrogen and oxygen atoms in total. The van der Waals surface area contributed by atoms with Crippen molar-refractivity contribution >= 4 is 0 Å². The van der Waals surface area contributed by atoms with Gasteiger partial charge < -0.3 is 0 Å². The molecule has 0 bridgehead atoms. The van der Waals surface area contributed by atoms with Crippen molar-refractivity contribution in [1.29, 1.82) is 0 Å². The summed E-state index contributed by atoms with van der Waals surface area (Å²) in [7, 11) is 0. The van der Waals surface area contributed by atoms with Gasteiger partial charge in [0.15, 0.2) is 0 Å². The van der Waals surface area contributed by atoms with Crippen LogP contribution in [0, 0.1) is 35.5 Å². The van der Waals surface area contributed by atoms with Crippen molar-refractivity contribution in [3.63, 3.8) is 0 Å². The molecule has 0 heteroatoms. The quantitative estimate of drug-likeness (QED) is 0.277. The fourth-order valence-electron chi connectivity index (χ4n) is 7.78. The van der Waals surface area contributed by atoms with E-state index in [1.807, 2.05) is 0 Å². The second-order valence-electron chi connectivity index (χ2n) is 11.9. The van der Waals surface area contributed by atoms with Gasteiger partial charge in [-0.15, -0.1) is 0 Å².